The van der Waals surface area contributed by atoms with E-state index in [0.717, 1.165) is 13.1 Å². The minimum absolute atomic E-state index is 0. The largest absolute Gasteiger partial charge is 1.00 e. The van der Waals surface area contributed by atoms with Crippen LogP contribution in [-0.2, 0) is 0 Å². The summed E-state index contributed by atoms with van der Waals surface area (Å²) in [4.78, 5) is 0. The lowest BCUT2D eigenvalue weighted by atomic mass is 10.3. The molecule has 0 heterocycles. The number of allylic oxidation sites excluding steroid dienone is 2. The van der Waals surface area contributed by atoms with Crippen molar-refractivity contribution in [1.82, 2.24) is 0 Å². The van der Waals surface area contributed by atoms with Crippen LogP contribution in [-0.4, -0.2) is 13.1 Å². The van der Waals surface area contributed by atoms with Gasteiger partial charge in [0.1, 0.15) is 0 Å². The van der Waals surface area contributed by atoms with Crippen molar-refractivity contribution in [3.05, 3.63) is 23.3 Å². The van der Waals surface area contributed by atoms with E-state index in [9.17, 15) is 0 Å². The van der Waals surface area contributed by atoms with Gasteiger partial charge in [0.05, 0.1) is 13.1 Å². The fourth-order valence-electron chi connectivity index (χ4n) is 0.577. The first-order valence-corrected chi connectivity index (χ1v) is 4.39. The van der Waals surface area contributed by atoms with Gasteiger partial charge in [0, 0.05) is 0 Å². The summed E-state index contributed by atoms with van der Waals surface area (Å²) in [7, 11) is 0. The third-order valence-electron chi connectivity index (χ3n) is 1.11. The van der Waals surface area contributed by atoms with Crippen LogP contribution >= 0.6 is 0 Å². The second-order valence-corrected chi connectivity index (χ2v) is 3.14. The quantitative estimate of drug-likeness (QED) is 0.455. The number of hydrogen-bond acceptors (Lipinski definition) is 0. The Bertz CT molecular complexity index is 128. The van der Waals surface area contributed by atoms with Crippen LogP contribution < -0.4 is 36.3 Å². The number of quaternary nitrogens is 2. The van der Waals surface area contributed by atoms with E-state index in [1.165, 1.54) is 11.1 Å². The van der Waals surface area contributed by atoms with Crippen molar-refractivity contribution < 1.29 is 36.3 Å². The molecule has 0 aromatic rings. The number of halogens is 2. The first-order valence-electron chi connectivity index (χ1n) is 4.39. The molecule has 0 atom stereocenters. The summed E-state index contributed by atoms with van der Waals surface area (Å²) >= 11 is 0. The van der Waals surface area contributed by atoms with E-state index in [4.69, 9.17) is 0 Å². The Labute approximate surface area is 101 Å². The third kappa shape index (κ3) is 40.4. The molecule has 0 aliphatic carbocycles. The molecule has 0 unspecified atom stereocenters. The highest BCUT2D eigenvalue weighted by atomic mass is 35.5. The van der Waals surface area contributed by atoms with Crippen LogP contribution in [0, 0.1) is 0 Å². The Kier molecular flexibility index (Phi) is 31.6. The second kappa shape index (κ2) is 18.7. The zero-order valence-electron chi connectivity index (χ0n) is 9.74. The number of hydrogen-bond donors (Lipinski definition) is 2. The lowest BCUT2D eigenvalue weighted by Crippen LogP contribution is -3.00. The van der Waals surface area contributed by atoms with Gasteiger partial charge in [-0.2, -0.15) is 0 Å². The summed E-state index contributed by atoms with van der Waals surface area (Å²) in [6, 6.07) is 0. The standard InChI is InChI=1S/2C5H11N.2ClH/c2*1-5(2)3-4-6;;/h2*3H,4,6H2,1-2H3;2*1H. The summed E-state index contributed by atoms with van der Waals surface area (Å²) in [5.74, 6) is 0. The van der Waals surface area contributed by atoms with Gasteiger partial charge in [-0.3, -0.25) is 0 Å². The monoisotopic (exact) mass is 242 g/mol. The minimum atomic E-state index is 0. The molecule has 0 aromatic heterocycles. The molecule has 2 nitrogen and oxygen atoms in total. The van der Waals surface area contributed by atoms with Gasteiger partial charge in [-0.1, -0.05) is 11.1 Å². The molecule has 0 bridgehead atoms. The molecule has 0 spiro atoms. The van der Waals surface area contributed by atoms with Gasteiger partial charge < -0.3 is 36.3 Å². The van der Waals surface area contributed by atoms with E-state index in [1.807, 2.05) is 0 Å². The fourth-order valence-corrected chi connectivity index (χ4v) is 0.577. The van der Waals surface area contributed by atoms with Crippen LogP contribution in [0.3, 0.4) is 0 Å². The van der Waals surface area contributed by atoms with Gasteiger partial charge in [0.25, 0.3) is 0 Å². The van der Waals surface area contributed by atoms with Crippen LogP contribution in [0.2, 0.25) is 0 Å². The molecule has 88 valence electrons. The predicted octanol–water partition coefficient (Wildman–Crippen LogP) is -5.60. The lowest BCUT2D eigenvalue weighted by Gasteiger charge is -1.78. The Morgan fingerprint density at radius 3 is 1.00 bits per heavy atom. The second-order valence-electron chi connectivity index (χ2n) is 3.14. The molecule has 0 saturated carbocycles. The average Bonchev–Trinajstić information content (AvgIpc) is 1.87. The summed E-state index contributed by atoms with van der Waals surface area (Å²) in [5, 5.41) is 0. The zero-order valence-corrected chi connectivity index (χ0v) is 11.3. The Hall–Kier alpha value is -0.0200. The van der Waals surface area contributed by atoms with Crippen LogP contribution in [0.1, 0.15) is 27.7 Å². The molecule has 4 heteroatoms. The molecule has 0 saturated heterocycles. The van der Waals surface area contributed by atoms with E-state index in [-0.39, 0.29) is 24.8 Å². The van der Waals surface area contributed by atoms with Crippen molar-refractivity contribution in [2.75, 3.05) is 13.1 Å². The van der Waals surface area contributed by atoms with E-state index in [1.54, 1.807) is 0 Å². The normalized spacial score (nSPS) is 6.71. The van der Waals surface area contributed by atoms with Crippen molar-refractivity contribution in [1.29, 1.82) is 0 Å². The van der Waals surface area contributed by atoms with Crippen molar-refractivity contribution >= 4 is 0 Å². The SMILES string of the molecule is CC(C)=CC[NH3+].CC(C)=CC[NH3+].[Cl-].[Cl-]. The summed E-state index contributed by atoms with van der Waals surface area (Å²) in [6.07, 6.45) is 4.19. The molecule has 0 aromatic carbocycles. The fraction of sp³-hybridized carbons (Fsp3) is 0.600. The average molecular weight is 243 g/mol. The summed E-state index contributed by atoms with van der Waals surface area (Å²) < 4.78 is 0. The summed E-state index contributed by atoms with van der Waals surface area (Å²) in [6.45, 7) is 10.1. The lowest BCUT2D eigenvalue weighted by molar-refractivity contribution is -0.353. The summed E-state index contributed by atoms with van der Waals surface area (Å²) in [5.41, 5.74) is 10.0. The Balaban J connectivity index is -0.0000000625. The molecule has 14 heavy (non-hydrogen) atoms. The van der Waals surface area contributed by atoms with E-state index in [2.05, 4.69) is 51.3 Å². The molecular weight excluding hydrogens is 219 g/mol. The highest BCUT2D eigenvalue weighted by Crippen LogP contribution is 1.82. The Morgan fingerprint density at radius 1 is 0.786 bits per heavy atom. The van der Waals surface area contributed by atoms with Gasteiger partial charge in [-0.25, -0.2) is 0 Å². The van der Waals surface area contributed by atoms with Gasteiger partial charge in [0.2, 0.25) is 0 Å². The Morgan fingerprint density at radius 2 is 1.00 bits per heavy atom. The molecular formula is C10H24Cl2N2. The van der Waals surface area contributed by atoms with Crippen molar-refractivity contribution in [2.24, 2.45) is 0 Å². The van der Waals surface area contributed by atoms with Gasteiger partial charge in [0.15, 0.2) is 0 Å². The van der Waals surface area contributed by atoms with Gasteiger partial charge in [-0.05, 0) is 39.8 Å². The van der Waals surface area contributed by atoms with Crippen LogP contribution in [0.15, 0.2) is 23.3 Å². The first-order chi connectivity index (χ1) is 5.54. The highest BCUT2D eigenvalue weighted by Gasteiger charge is 1.70. The van der Waals surface area contributed by atoms with Crippen LogP contribution in [0.25, 0.3) is 0 Å². The van der Waals surface area contributed by atoms with E-state index in [0.29, 0.717) is 0 Å². The maximum Gasteiger partial charge on any atom is 0.0929 e. The molecule has 0 fully saturated rings. The molecule has 0 amide bonds. The maximum absolute atomic E-state index is 3.65. The molecule has 0 rings (SSSR count). The smallest absolute Gasteiger partial charge is 0.0929 e. The van der Waals surface area contributed by atoms with Crippen molar-refractivity contribution in [3.8, 4) is 0 Å². The minimum Gasteiger partial charge on any atom is -1.00 e. The molecule has 0 radical (unpaired) electrons. The van der Waals surface area contributed by atoms with Crippen LogP contribution in [0.4, 0.5) is 0 Å². The van der Waals surface area contributed by atoms with Crippen LogP contribution in [0.5, 0.6) is 0 Å². The van der Waals surface area contributed by atoms with E-state index < -0.39 is 0 Å². The maximum atomic E-state index is 3.65. The molecule has 0 aliphatic heterocycles. The third-order valence-corrected chi connectivity index (χ3v) is 1.11. The van der Waals surface area contributed by atoms with Gasteiger partial charge >= 0.3 is 0 Å². The number of rotatable bonds is 2. The topological polar surface area (TPSA) is 55.3 Å². The molecule has 6 N–H and O–H groups in total. The van der Waals surface area contributed by atoms with Crippen molar-refractivity contribution in [3.63, 3.8) is 0 Å². The molecule has 0 aliphatic rings. The zero-order chi connectivity index (χ0) is 9.98. The van der Waals surface area contributed by atoms with Gasteiger partial charge in [-0.15, -0.1) is 0 Å². The van der Waals surface area contributed by atoms with E-state index >= 15 is 0 Å². The highest BCUT2D eigenvalue weighted by molar-refractivity contribution is 4.92. The van der Waals surface area contributed by atoms with Crippen molar-refractivity contribution in [2.45, 2.75) is 27.7 Å². The first kappa shape index (κ1) is 23.6. The predicted molar refractivity (Wildman–Crippen MR) is 54.4 cm³/mol.